The maximum atomic E-state index is 12.4. The average molecular weight is 349 g/mol. The molecule has 0 aliphatic carbocycles. The molecular formula is C19H15N3O4. The largest absolute Gasteiger partial charge is 0.507 e. The molecular weight excluding hydrogens is 334 g/mol. The fraction of sp³-hybridized carbons (Fsp3) is 0. The number of phenols is 1. The summed E-state index contributed by atoms with van der Waals surface area (Å²) in [5.41, 5.74) is 4.72. The number of aromatic nitrogens is 1. The van der Waals surface area contributed by atoms with Gasteiger partial charge in [0, 0.05) is 6.20 Å². The first-order valence-electron chi connectivity index (χ1n) is 7.72. The van der Waals surface area contributed by atoms with Gasteiger partial charge in [0.15, 0.2) is 0 Å². The summed E-state index contributed by atoms with van der Waals surface area (Å²) in [7, 11) is 0. The van der Waals surface area contributed by atoms with E-state index < -0.39 is 11.8 Å². The van der Waals surface area contributed by atoms with Gasteiger partial charge in [0.2, 0.25) is 5.88 Å². The lowest BCUT2D eigenvalue weighted by atomic mass is 10.2. The maximum Gasteiger partial charge on any atom is 0.275 e. The lowest BCUT2D eigenvalue weighted by Crippen LogP contribution is -2.41. The Hall–Kier alpha value is -3.87. The molecule has 0 unspecified atom stereocenters. The minimum Gasteiger partial charge on any atom is -0.507 e. The molecule has 0 saturated heterocycles. The molecule has 0 bridgehead atoms. The Kier molecular flexibility index (Phi) is 5.09. The van der Waals surface area contributed by atoms with Crippen molar-refractivity contribution in [2.45, 2.75) is 0 Å². The number of hydrogen-bond acceptors (Lipinski definition) is 5. The first kappa shape index (κ1) is 17.0. The van der Waals surface area contributed by atoms with Crippen LogP contribution in [0, 0.1) is 0 Å². The normalized spacial score (nSPS) is 10.0. The van der Waals surface area contributed by atoms with Gasteiger partial charge in [0.05, 0.1) is 5.56 Å². The Bertz CT molecular complexity index is 929. The van der Waals surface area contributed by atoms with E-state index in [0.717, 1.165) is 0 Å². The molecule has 0 atom stereocenters. The second kappa shape index (κ2) is 7.80. The van der Waals surface area contributed by atoms with E-state index in [1.807, 2.05) is 6.07 Å². The van der Waals surface area contributed by atoms with Crippen LogP contribution >= 0.6 is 0 Å². The van der Waals surface area contributed by atoms with Gasteiger partial charge < -0.3 is 9.84 Å². The number of pyridine rings is 1. The molecule has 3 N–H and O–H groups in total. The van der Waals surface area contributed by atoms with Crippen molar-refractivity contribution < 1.29 is 19.4 Å². The van der Waals surface area contributed by atoms with Crippen molar-refractivity contribution in [1.82, 2.24) is 15.8 Å². The number of amides is 2. The van der Waals surface area contributed by atoms with Gasteiger partial charge >= 0.3 is 0 Å². The molecule has 2 aromatic carbocycles. The molecule has 7 heteroatoms. The number of nitrogens with one attached hydrogen (secondary N) is 2. The molecule has 7 nitrogen and oxygen atoms in total. The van der Waals surface area contributed by atoms with Crippen molar-refractivity contribution >= 4 is 11.8 Å². The van der Waals surface area contributed by atoms with E-state index in [2.05, 4.69) is 15.8 Å². The monoisotopic (exact) mass is 349 g/mol. The molecule has 0 saturated carbocycles. The molecule has 130 valence electrons. The second-order valence-electron chi connectivity index (χ2n) is 5.20. The molecule has 3 rings (SSSR count). The van der Waals surface area contributed by atoms with Gasteiger partial charge in [0.25, 0.3) is 11.8 Å². The highest BCUT2D eigenvalue weighted by Crippen LogP contribution is 2.22. The van der Waals surface area contributed by atoms with Crippen LogP contribution < -0.4 is 15.6 Å². The van der Waals surface area contributed by atoms with Crippen molar-refractivity contribution in [2.75, 3.05) is 0 Å². The number of rotatable bonds is 4. The summed E-state index contributed by atoms with van der Waals surface area (Å²) in [4.78, 5) is 28.5. The molecule has 1 heterocycles. The van der Waals surface area contributed by atoms with Gasteiger partial charge in [-0.2, -0.15) is 0 Å². The number of para-hydroxylation sites is 2. The van der Waals surface area contributed by atoms with Crippen LogP contribution in [-0.2, 0) is 0 Å². The van der Waals surface area contributed by atoms with Crippen LogP contribution in [0.1, 0.15) is 20.7 Å². The van der Waals surface area contributed by atoms with Gasteiger partial charge in [-0.05, 0) is 36.4 Å². The summed E-state index contributed by atoms with van der Waals surface area (Å²) >= 11 is 0. The quantitative estimate of drug-likeness (QED) is 0.629. The van der Waals surface area contributed by atoms with E-state index in [9.17, 15) is 14.7 Å². The number of nitrogens with zero attached hydrogens (tertiary/aromatic N) is 1. The molecule has 0 fully saturated rings. The first-order valence-corrected chi connectivity index (χ1v) is 7.72. The number of hydrogen-bond donors (Lipinski definition) is 3. The molecule has 0 spiro atoms. The second-order valence-corrected chi connectivity index (χ2v) is 5.20. The minimum atomic E-state index is -0.647. The van der Waals surface area contributed by atoms with Crippen LogP contribution in [-0.4, -0.2) is 21.9 Å². The fourth-order valence-corrected chi connectivity index (χ4v) is 2.16. The highest BCUT2D eigenvalue weighted by molar-refractivity contribution is 6.01. The highest BCUT2D eigenvalue weighted by atomic mass is 16.5. The van der Waals surface area contributed by atoms with Crippen molar-refractivity contribution in [1.29, 1.82) is 0 Å². The van der Waals surface area contributed by atoms with E-state index in [1.54, 1.807) is 42.5 Å². The summed E-state index contributed by atoms with van der Waals surface area (Å²) in [5.74, 6) is -0.807. The number of carbonyl (C=O) groups is 2. The Morgan fingerprint density at radius 3 is 2.15 bits per heavy atom. The summed E-state index contributed by atoms with van der Waals surface area (Å²) in [6, 6.07) is 18.0. The molecule has 26 heavy (non-hydrogen) atoms. The van der Waals surface area contributed by atoms with Crippen LogP contribution in [0.4, 0.5) is 0 Å². The van der Waals surface area contributed by atoms with Crippen LogP contribution in [0.3, 0.4) is 0 Å². The van der Waals surface area contributed by atoms with E-state index in [-0.39, 0.29) is 22.8 Å². The van der Waals surface area contributed by atoms with Crippen LogP contribution in [0.15, 0.2) is 72.9 Å². The van der Waals surface area contributed by atoms with Crippen LogP contribution in [0.25, 0.3) is 0 Å². The Morgan fingerprint density at radius 2 is 1.42 bits per heavy atom. The van der Waals surface area contributed by atoms with Gasteiger partial charge in [0.1, 0.15) is 17.1 Å². The Labute approximate surface area is 149 Å². The van der Waals surface area contributed by atoms with Crippen molar-refractivity contribution in [2.24, 2.45) is 0 Å². The van der Waals surface area contributed by atoms with Crippen LogP contribution in [0.5, 0.6) is 17.4 Å². The smallest absolute Gasteiger partial charge is 0.275 e. The summed E-state index contributed by atoms with van der Waals surface area (Å²) in [5, 5.41) is 9.67. The first-order chi connectivity index (χ1) is 12.6. The zero-order chi connectivity index (χ0) is 18.4. The zero-order valence-corrected chi connectivity index (χ0v) is 13.5. The lowest BCUT2D eigenvalue weighted by molar-refractivity contribution is 0.0843. The third-order valence-corrected chi connectivity index (χ3v) is 3.41. The number of aromatic hydroxyl groups is 1. The van der Waals surface area contributed by atoms with E-state index >= 15 is 0 Å². The third-order valence-electron chi connectivity index (χ3n) is 3.41. The van der Waals surface area contributed by atoms with E-state index in [4.69, 9.17) is 4.74 Å². The SMILES string of the molecule is O=C(NNC(=O)c1cccnc1Oc1ccccc1)c1ccccc1O. The molecule has 2 amide bonds. The molecule has 1 aromatic heterocycles. The van der Waals surface area contributed by atoms with Crippen molar-refractivity contribution in [3.8, 4) is 17.4 Å². The maximum absolute atomic E-state index is 12.4. The summed E-state index contributed by atoms with van der Waals surface area (Å²) in [6.07, 6.45) is 1.50. The predicted molar refractivity (Wildman–Crippen MR) is 93.8 cm³/mol. The summed E-state index contributed by atoms with van der Waals surface area (Å²) in [6.45, 7) is 0. The number of benzene rings is 2. The van der Waals surface area contributed by atoms with Gasteiger partial charge in [-0.3, -0.25) is 20.4 Å². The average Bonchev–Trinajstić information content (AvgIpc) is 2.67. The number of phenolic OH excluding ortho intramolecular Hbond substituents is 1. The fourth-order valence-electron chi connectivity index (χ4n) is 2.16. The molecule has 0 aliphatic rings. The molecule has 0 aliphatic heterocycles. The number of hydrazine groups is 1. The van der Waals surface area contributed by atoms with Gasteiger partial charge in [-0.15, -0.1) is 0 Å². The lowest BCUT2D eigenvalue weighted by Gasteiger charge is -2.11. The summed E-state index contributed by atoms with van der Waals surface area (Å²) < 4.78 is 5.62. The van der Waals surface area contributed by atoms with Gasteiger partial charge in [-0.25, -0.2) is 4.98 Å². The zero-order valence-electron chi connectivity index (χ0n) is 13.5. The Morgan fingerprint density at radius 1 is 0.808 bits per heavy atom. The topological polar surface area (TPSA) is 101 Å². The van der Waals surface area contributed by atoms with Crippen LogP contribution in [0.2, 0.25) is 0 Å². The van der Waals surface area contributed by atoms with E-state index in [1.165, 1.54) is 24.4 Å². The van der Waals surface area contributed by atoms with Crippen molar-refractivity contribution in [3.63, 3.8) is 0 Å². The van der Waals surface area contributed by atoms with Gasteiger partial charge in [-0.1, -0.05) is 30.3 Å². The standard InChI is InChI=1S/C19H15N3O4/c23-16-11-5-4-9-14(16)17(24)21-22-18(25)15-10-6-12-20-19(15)26-13-7-2-1-3-8-13/h1-12,23H,(H,21,24)(H,22,25). The van der Waals surface area contributed by atoms with E-state index in [0.29, 0.717) is 5.75 Å². The number of ether oxygens (including phenoxy) is 1. The number of carbonyl (C=O) groups excluding carboxylic acids is 2. The molecule has 3 aromatic rings. The highest BCUT2D eigenvalue weighted by Gasteiger charge is 2.16. The third kappa shape index (κ3) is 3.96. The minimum absolute atomic E-state index is 0.0414. The molecule has 0 radical (unpaired) electrons. The van der Waals surface area contributed by atoms with Crippen molar-refractivity contribution in [3.05, 3.63) is 84.1 Å². The predicted octanol–water partition coefficient (Wildman–Crippen LogP) is 2.65. The Balaban J connectivity index is 1.70.